The van der Waals surface area contributed by atoms with Gasteiger partial charge in [-0.2, -0.15) is 0 Å². The van der Waals surface area contributed by atoms with Crippen LogP contribution in [0.2, 0.25) is 0 Å². The number of hydrogen-bond acceptors (Lipinski definition) is 4. The zero-order chi connectivity index (χ0) is 15.4. The molecule has 0 fully saturated rings. The van der Waals surface area contributed by atoms with Gasteiger partial charge in [-0.25, -0.2) is 4.98 Å². The van der Waals surface area contributed by atoms with Crippen molar-refractivity contribution in [3.8, 4) is 0 Å². The van der Waals surface area contributed by atoms with E-state index in [0.717, 1.165) is 5.56 Å². The molecule has 1 aromatic heterocycles. The van der Waals surface area contributed by atoms with Crippen LogP contribution >= 0.6 is 0 Å². The topological polar surface area (TPSA) is 84.2 Å². The van der Waals surface area contributed by atoms with Gasteiger partial charge < -0.3 is 10.4 Å². The molecule has 2 aromatic rings. The summed E-state index contributed by atoms with van der Waals surface area (Å²) in [4.78, 5) is 28.3. The summed E-state index contributed by atoms with van der Waals surface area (Å²) in [5.41, 5.74) is 1.50. The van der Waals surface area contributed by atoms with Gasteiger partial charge in [0.05, 0.1) is 23.8 Å². The fraction of sp³-hybridized carbons (Fsp3) is 0.400. The Morgan fingerprint density at radius 2 is 2.24 bits per heavy atom. The molecule has 0 aliphatic heterocycles. The largest absolute Gasteiger partial charge is 0.394 e. The lowest BCUT2D eigenvalue weighted by molar-refractivity contribution is -0.122. The van der Waals surface area contributed by atoms with E-state index in [1.807, 2.05) is 19.1 Å². The summed E-state index contributed by atoms with van der Waals surface area (Å²) in [7, 11) is 0. The Bertz CT molecular complexity index is 709. The number of amides is 1. The van der Waals surface area contributed by atoms with Crippen molar-refractivity contribution in [2.75, 3.05) is 6.61 Å². The molecule has 1 atom stereocenters. The van der Waals surface area contributed by atoms with E-state index in [1.165, 1.54) is 10.9 Å². The number of aliphatic hydroxyl groups excluding tert-OH is 1. The Labute approximate surface area is 122 Å². The van der Waals surface area contributed by atoms with Crippen molar-refractivity contribution >= 4 is 16.8 Å². The van der Waals surface area contributed by atoms with Gasteiger partial charge in [-0.05, 0) is 25.5 Å². The average Bonchev–Trinajstić information content (AvgIpc) is 2.47. The molecule has 2 N–H and O–H groups in total. The number of aromatic nitrogens is 2. The van der Waals surface area contributed by atoms with Crippen molar-refractivity contribution in [1.29, 1.82) is 0 Å². The standard InChI is InChI=1S/C15H19N3O3/c1-10-4-3-5-12-14(10)16-9-18(15(12)21)7-6-13(20)17-11(2)8-19/h3-5,9,11,19H,6-8H2,1-2H3,(H,17,20). The number of para-hydroxylation sites is 1. The maximum Gasteiger partial charge on any atom is 0.261 e. The molecule has 6 heteroatoms. The van der Waals surface area contributed by atoms with Crippen LogP contribution in [0.15, 0.2) is 29.3 Å². The fourth-order valence-corrected chi connectivity index (χ4v) is 2.11. The molecule has 0 saturated carbocycles. The highest BCUT2D eigenvalue weighted by molar-refractivity contribution is 5.80. The lowest BCUT2D eigenvalue weighted by Gasteiger charge is -2.11. The third-order valence-electron chi connectivity index (χ3n) is 3.32. The maximum atomic E-state index is 12.3. The zero-order valence-corrected chi connectivity index (χ0v) is 12.2. The van der Waals surface area contributed by atoms with Gasteiger partial charge in [-0.3, -0.25) is 14.2 Å². The summed E-state index contributed by atoms with van der Waals surface area (Å²) in [5.74, 6) is -0.201. The molecule has 0 aliphatic carbocycles. The number of hydrogen-bond donors (Lipinski definition) is 2. The van der Waals surface area contributed by atoms with Crippen LogP contribution in [0.1, 0.15) is 18.9 Å². The van der Waals surface area contributed by atoms with Crippen LogP contribution in [0.25, 0.3) is 10.9 Å². The van der Waals surface area contributed by atoms with E-state index in [0.29, 0.717) is 10.9 Å². The Kier molecular flexibility index (Phi) is 4.70. The first-order valence-electron chi connectivity index (χ1n) is 6.88. The van der Waals surface area contributed by atoms with Gasteiger partial charge in [0.2, 0.25) is 5.91 Å². The number of carbonyl (C=O) groups is 1. The maximum absolute atomic E-state index is 12.3. The van der Waals surface area contributed by atoms with E-state index in [9.17, 15) is 9.59 Å². The Morgan fingerprint density at radius 3 is 2.95 bits per heavy atom. The zero-order valence-electron chi connectivity index (χ0n) is 12.2. The number of nitrogens with zero attached hydrogens (tertiary/aromatic N) is 2. The lowest BCUT2D eigenvalue weighted by atomic mass is 10.1. The summed E-state index contributed by atoms with van der Waals surface area (Å²) >= 11 is 0. The second-order valence-electron chi connectivity index (χ2n) is 5.12. The van der Waals surface area contributed by atoms with Crippen molar-refractivity contribution in [2.45, 2.75) is 32.9 Å². The molecular formula is C15H19N3O3. The van der Waals surface area contributed by atoms with Gasteiger partial charge in [0.25, 0.3) is 5.56 Å². The Morgan fingerprint density at radius 1 is 1.48 bits per heavy atom. The van der Waals surface area contributed by atoms with E-state index in [1.54, 1.807) is 13.0 Å². The van der Waals surface area contributed by atoms with Crippen molar-refractivity contribution in [2.24, 2.45) is 0 Å². The van der Waals surface area contributed by atoms with Gasteiger partial charge in [0.15, 0.2) is 0 Å². The molecule has 0 radical (unpaired) electrons. The highest BCUT2D eigenvalue weighted by Crippen LogP contribution is 2.11. The molecule has 1 aromatic carbocycles. The van der Waals surface area contributed by atoms with E-state index in [4.69, 9.17) is 5.11 Å². The molecule has 0 aliphatic rings. The first-order chi connectivity index (χ1) is 10.0. The van der Waals surface area contributed by atoms with Crippen LogP contribution in [0, 0.1) is 6.92 Å². The molecule has 1 amide bonds. The van der Waals surface area contributed by atoms with Gasteiger partial charge in [0, 0.05) is 19.0 Å². The van der Waals surface area contributed by atoms with E-state index in [-0.39, 0.29) is 37.1 Å². The molecular weight excluding hydrogens is 270 g/mol. The minimum absolute atomic E-state index is 0.109. The molecule has 6 nitrogen and oxygen atoms in total. The number of fused-ring (bicyclic) bond motifs is 1. The summed E-state index contributed by atoms with van der Waals surface area (Å²) in [6.45, 7) is 3.77. The van der Waals surface area contributed by atoms with Crippen molar-refractivity contribution in [3.05, 3.63) is 40.4 Å². The SMILES string of the molecule is Cc1cccc2c(=O)n(CCC(=O)NC(C)CO)cnc12. The summed E-state index contributed by atoms with van der Waals surface area (Å²) in [5, 5.41) is 12.1. The summed E-state index contributed by atoms with van der Waals surface area (Å²) < 4.78 is 1.44. The van der Waals surface area contributed by atoms with Gasteiger partial charge in [-0.1, -0.05) is 12.1 Å². The van der Waals surface area contributed by atoms with Crippen LogP contribution in [0.4, 0.5) is 0 Å². The minimum Gasteiger partial charge on any atom is -0.394 e. The monoisotopic (exact) mass is 289 g/mol. The number of benzene rings is 1. The second-order valence-corrected chi connectivity index (χ2v) is 5.12. The molecule has 0 bridgehead atoms. The summed E-state index contributed by atoms with van der Waals surface area (Å²) in [6, 6.07) is 5.18. The van der Waals surface area contributed by atoms with Crippen LogP contribution < -0.4 is 10.9 Å². The Balaban J connectivity index is 2.15. The predicted molar refractivity (Wildman–Crippen MR) is 80.0 cm³/mol. The van der Waals surface area contributed by atoms with Crippen molar-refractivity contribution < 1.29 is 9.90 Å². The first kappa shape index (κ1) is 15.2. The predicted octanol–water partition coefficient (Wildman–Crippen LogP) is 0.592. The highest BCUT2D eigenvalue weighted by atomic mass is 16.3. The second kappa shape index (κ2) is 6.49. The van der Waals surface area contributed by atoms with E-state index in [2.05, 4.69) is 10.3 Å². The number of aryl methyl sites for hydroxylation is 2. The number of carbonyl (C=O) groups excluding carboxylic acids is 1. The summed E-state index contributed by atoms with van der Waals surface area (Å²) in [6.07, 6.45) is 1.64. The molecule has 21 heavy (non-hydrogen) atoms. The number of rotatable bonds is 5. The Hall–Kier alpha value is -2.21. The molecule has 0 saturated heterocycles. The number of aliphatic hydroxyl groups is 1. The molecule has 112 valence electrons. The average molecular weight is 289 g/mol. The molecule has 1 heterocycles. The van der Waals surface area contributed by atoms with Gasteiger partial charge in [0.1, 0.15) is 0 Å². The lowest BCUT2D eigenvalue weighted by Crippen LogP contribution is -2.36. The molecule has 0 spiro atoms. The van der Waals surface area contributed by atoms with E-state index < -0.39 is 0 Å². The fourth-order valence-electron chi connectivity index (χ4n) is 2.11. The quantitative estimate of drug-likeness (QED) is 0.844. The third-order valence-corrected chi connectivity index (χ3v) is 3.32. The third kappa shape index (κ3) is 3.46. The highest BCUT2D eigenvalue weighted by Gasteiger charge is 2.09. The van der Waals surface area contributed by atoms with Gasteiger partial charge >= 0.3 is 0 Å². The molecule has 2 rings (SSSR count). The van der Waals surface area contributed by atoms with Gasteiger partial charge in [-0.15, -0.1) is 0 Å². The van der Waals surface area contributed by atoms with Crippen LogP contribution in [0.5, 0.6) is 0 Å². The van der Waals surface area contributed by atoms with E-state index >= 15 is 0 Å². The van der Waals surface area contributed by atoms with Crippen LogP contribution in [-0.2, 0) is 11.3 Å². The van der Waals surface area contributed by atoms with Crippen LogP contribution in [0.3, 0.4) is 0 Å². The van der Waals surface area contributed by atoms with Crippen LogP contribution in [-0.4, -0.2) is 33.2 Å². The van der Waals surface area contributed by atoms with Crippen molar-refractivity contribution in [3.63, 3.8) is 0 Å². The first-order valence-corrected chi connectivity index (χ1v) is 6.88. The minimum atomic E-state index is -0.286. The molecule has 1 unspecified atom stereocenters. The smallest absolute Gasteiger partial charge is 0.261 e. The van der Waals surface area contributed by atoms with Crippen molar-refractivity contribution in [1.82, 2.24) is 14.9 Å². The number of nitrogens with one attached hydrogen (secondary N) is 1. The normalized spacial score (nSPS) is 12.3.